The Morgan fingerprint density at radius 3 is 2.53 bits per heavy atom. The van der Waals surface area contributed by atoms with Gasteiger partial charge in [0.2, 0.25) is 0 Å². The summed E-state index contributed by atoms with van der Waals surface area (Å²) in [5.41, 5.74) is 1.63. The minimum Gasteiger partial charge on any atom is -0.0710 e. The molecular weight excluding hydrogens is 236 g/mol. The Bertz CT molecular complexity index is 308. The number of rotatable bonds is 8. The van der Waals surface area contributed by atoms with E-state index in [1.807, 2.05) is 0 Å². The third kappa shape index (κ3) is 6.22. The Morgan fingerprint density at radius 1 is 1.06 bits per heavy atom. The lowest BCUT2D eigenvalue weighted by Gasteiger charge is -2.10. The maximum atomic E-state index is 2.41. The molecule has 0 amide bonds. The Morgan fingerprint density at radius 2 is 1.82 bits per heavy atom. The molecule has 0 atom stereocenters. The van der Waals surface area contributed by atoms with Crippen molar-refractivity contribution in [1.29, 1.82) is 0 Å². The second-order valence-electron chi connectivity index (χ2n) is 5.03. The summed E-state index contributed by atoms with van der Waals surface area (Å²) in [6.45, 7) is 7.10. The molecule has 93 valence electrons. The van der Waals surface area contributed by atoms with Crippen LogP contribution in [-0.4, -0.2) is 18.3 Å². The summed E-state index contributed by atoms with van der Waals surface area (Å²) < 4.78 is 0. The summed E-state index contributed by atoms with van der Waals surface area (Å²) >= 11 is 0. The molecule has 0 heterocycles. The molecule has 1 aromatic rings. The second kappa shape index (κ2) is 8.70. The van der Waals surface area contributed by atoms with Gasteiger partial charge in [-0.05, 0) is 6.04 Å². The minimum absolute atomic E-state index is 0.143. The molecule has 17 heavy (non-hydrogen) atoms. The highest BCUT2D eigenvalue weighted by atomic mass is 28.3. The van der Waals surface area contributed by atoms with E-state index >= 15 is 0 Å². The van der Waals surface area contributed by atoms with Gasteiger partial charge in [-0.15, -0.1) is 0 Å². The second-order valence-corrected chi connectivity index (χ2v) is 9.19. The first-order chi connectivity index (χ1) is 8.24. The van der Waals surface area contributed by atoms with Crippen LogP contribution in [0.15, 0.2) is 24.3 Å². The normalized spacial score (nSPS) is 11.1. The van der Waals surface area contributed by atoms with Crippen LogP contribution < -0.4 is 5.19 Å². The Kier molecular flexibility index (Phi) is 7.53. The Balaban J connectivity index is 2.40. The summed E-state index contributed by atoms with van der Waals surface area (Å²) in [6.07, 6.45) is 5.58. The quantitative estimate of drug-likeness (QED) is 0.492. The molecule has 2 heteroatoms. The lowest BCUT2D eigenvalue weighted by atomic mass is 10.2. The molecule has 0 fully saturated rings. The molecule has 0 N–H and O–H groups in total. The van der Waals surface area contributed by atoms with Crippen molar-refractivity contribution in [3.8, 4) is 0 Å². The van der Waals surface area contributed by atoms with E-state index in [0.29, 0.717) is 0 Å². The van der Waals surface area contributed by atoms with Crippen LogP contribution in [0, 0.1) is 0 Å². The van der Waals surface area contributed by atoms with Gasteiger partial charge >= 0.3 is 0 Å². The van der Waals surface area contributed by atoms with Gasteiger partial charge in [-0.3, -0.25) is 0 Å². The molecule has 0 aliphatic carbocycles. The highest BCUT2D eigenvalue weighted by Crippen LogP contribution is 2.05. The SMILES string of the molecule is CCCCCC[Si]c1ccccc1C[Si](C)C. The van der Waals surface area contributed by atoms with Gasteiger partial charge in [0, 0.05) is 8.80 Å². The zero-order chi connectivity index (χ0) is 12.5. The monoisotopic (exact) mass is 261 g/mol. The molecule has 1 rings (SSSR count). The molecule has 0 spiro atoms. The van der Waals surface area contributed by atoms with E-state index in [1.54, 1.807) is 10.8 Å². The van der Waals surface area contributed by atoms with Crippen molar-refractivity contribution in [2.45, 2.75) is 57.8 Å². The predicted molar refractivity (Wildman–Crippen MR) is 82.0 cm³/mol. The predicted octanol–water partition coefficient (Wildman–Crippen LogP) is 3.85. The van der Waals surface area contributed by atoms with Crippen molar-refractivity contribution >= 4 is 23.5 Å². The molecule has 0 saturated heterocycles. The van der Waals surface area contributed by atoms with Crippen molar-refractivity contribution in [2.75, 3.05) is 0 Å². The van der Waals surface area contributed by atoms with Crippen LogP contribution in [0.25, 0.3) is 0 Å². The maximum absolute atomic E-state index is 2.41. The fraction of sp³-hybridized carbons (Fsp3) is 0.600. The summed E-state index contributed by atoms with van der Waals surface area (Å²) in [7, 11) is 0.887. The van der Waals surface area contributed by atoms with E-state index in [-0.39, 0.29) is 8.80 Å². The summed E-state index contributed by atoms with van der Waals surface area (Å²) in [5, 5.41) is 1.63. The maximum Gasteiger partial charge on any atom is 0.0811 e. The first-order valence-corrected chi connectivity index (χ1v) is 10.8. The summed E-state index contributed by atoms with van der Waals surface area (Å²) in [5.74, 6) is 0. The zero-order valence-electron chi connectivity index (χ0n) is 11.6. The lowest BCUT2D eigenvalue weighted by molar-refractivity contribution is 0.701. The zero-order valence-corrected chi connectivity index (χ0v) is 13.6. The number of unbranched alkanes of at least 4 members (excludes halogenated alkanes) is 3. The molecule has 0 nitrogen and oxygen atoms in total. The standard InChI is InChI=1S/C15H25Si2/c1-4-5-6-9-12-16-15-11-8-7-10-14(15)13-17(2)3/h7-8,10-11H,4-6,9,12-13H2,1-3H3. The van der Waals surface area contributed by atoms with Gasteiger partial charge in [-0.25, -0.2) is 0 Å². The molecule has 3 radical (unpaired) electrons. The van der Waals surface area contributed by atoms with Crippen molar-refractivity contribution in [3.05, 3.63) is 29.8 Å². The van der Waals surface area contributed by atoms with Gasteiger partial charge in [-0.2, -0.15) is 0 Å². The Hall–Kier alpha value is -0.346. The topological polar surface area (TPSA) is 0 Å². The van der Waals surface area contributed by atoms with Crippen LogP contribution in [0.5, 0.6) is 0 Å². The van der Waals surface area contributed by atoms with Crippen LogP contribution in [0.1, 0.15) is 38.2 Å². The van der Waals surface area contributed by atoms with Gasteiger partial charge < -0.3 is 0 Å². The molecular formula is C15H25Si2. The van der Waals surface area contributed by atoms with Crippen molar-refractivity contribution in [2.24, 2.45) is 0 Å². The van der Waals surface area contributed by atoms with Gasteiger partial charge in [0.1, 0.15) is 0 Å². The lowest BCUT2D eigenvalue weighted by Crippen LogP contribution is -2.22. The highest BCUT2D eigenvalue weighted by Gasteiger charge is 2.05. The van der Waals surface area contributed by atoms with Gasteiger partial charge in [0.25, 0.3) is 0 Å². The van der Waals surface area contributed by atoms with E-state index < -0.39 is 0 Å². The van der Waals surface area contributed by atoms with Crippen molar-refractivity contribution < 1.29 is 0 Å². The van der Waals surface area contributed by atoms with Crippen LogP contribution in [0.2, 0.25) is 19.1 Å². The van der Waals surface area contributed by atoms with E-state index in [2.05, 4.69) is 44.3 Å². The molecule has 0 unspecified atom stereocenters. The molecule has 1 aromatic carbocycles. The molecule has 0 bridgehead atoms. The van der Waals surface area contributed by atoms with Gasteiger partial charge in [0.15, 0.2) is 0 Å². The van der Waals surface area contributed by atoms with Crippen LogP contribution in [-0.2, 0) is 6.04 Å². The number of hydrogen-bond acceptors (Lipinski definition) is 0. The number of benzene rings is 1. The average Bonchev–Trinajstić information content (AvgIpc) is 2.30. The van der Waals surface area contributed by atoms with Gasteiger partial charge in [0.05, 0.1) is 9.52 Å². The first-order valence-electron chi connectivity index (χ1n) is 6.85. The first kappa shape index (κ1) is 14.7. The van der Waals surface area contributed by atoms with E-state index in [9.17, 15) is 0 Å². The highest BCUT2D eigenvalue weighted by molar-refractivity contribution is 6.57. The minimum atomic E-state index is -0.143. The van der Waals surface area contributed by atoms with Crippen LogP contribution in [0.3, 0.4) is 0 Å². The Labute approximate surface area is 111 Å². The molecule has 0 aliphatic rings. The third-order valence-corrected chi connectivity index (χ3v) is 5.47. The third-order valence-electron chi connectivity index (χ3n) is 2.91. The van der Waals surface area contributed by atoms with E-state index in [1.165, 1.54) is 37.8 Å². The summed E-state index contributed by atoms with van der Waals surface area (Å²) in [6, 6.07) is 11.8. The molecule has 0 saturated carbocycles. The summed E-state index contributed by atoms with van der Waals surface area (Å²) in [4.78, 5) is 0. The fourth-order valence-electron chi connectivity index (χ4n) is 2.00. The van der Waals surface area contributed by atoms with Gasteiger partial charge in [-0.1, -0.05) is 86.8 Å². The molecule has 0 aliphatic heterocycles. The van der Waals surface area contributed by atoms with E-state index in [4.69, 9.17) is 0 Å². The molecule has 0 aromatic heterocycles. The van der Waals surface area contributed by atoms with Crippen LogP contribution >= 0.6 is 0 Å². The average molecular weight is 262 g/mol. The van der Waals surface area contributed by atoms with Crippen LogP contribution in [0.4, 0.5) is 0 Å². The largest absolute Gasteiger partial charge is 0.0811 e. The van der Waals surface area contributed by atoms with Crippen molar-refractivity contribution in [1.82, 2.24) is 0 Å². The van der Waals surface area contributed by atoms with E-state index in [0.717, 1.165) is 9.52 Å². The smallest absolute Gasteiger partial charge is 0.0710 e. The number of hydrogen-bond donors (Lipinski definition) is 0. The fourth-order valence-corrected chi connectivity index (χ4v) is 4.56. The van der Waals surface area contributed by atoms with Crippen molar-refractivity contribution in [3.63, 3.8) is 0 Å².